The zero-order valence-electron chi connectivity index (χ0n) is 2.80. The van der Waals surface area contributed by atoms with Gasteiger partial charge in [-0.15, -0.1) is 0 Å². The number of rotatable bonds is 0. The van der Waals surface area contributed by atoms with Crippen molar-refractivity contribution in [1.82, 2.24) is 0 Å². The summed E-state index contributed by atoms with van der Waals surface area (Å²) in [4.78, 5) is 0. The van der Waals surface area contributed by atoms with E-state index in [9.17, 15) is 8.42 Å². The van der Waals surface area contributed by atoms with Crippen molar-refractivity contribution in [2.24, 2.45) is 0 Å². The van der Waals surface area contributed by atoms with Gasteiger partial charge in [-0.3, -0.25) is 0 Å². The van der Waals surface area contributed by atoms with Crippen molar-refractivity contribution in [1.29, 1.82) is 0 Å². The summed E-state index contributed by atoms with van der Waals surface area (Å²) < 4.78 is 19.7. The summed E-state index contributed by atoms with van der Waals surface area (Å²) in [6, 6.07) is 0. The van der Waals surface area contributed by atoms with Crippen molar-refractivity contribution in [2.75, 3.05) is 0 Å². The molecule has 0 aliphatic carbocycles. The van der Waals surface area contributed by atoms with E-state index in [4.69, 9.17) is 0 Å². The van der Waals surface area contributed by atoms with E-state index in [-0.39, 0.29) is 0 Å². The molecule has 0 heterocycles. The minimum absolute atomic E-state index is 1.08. The van der Waals surface area contributed by atoms with Crippen LogP contribution in [0.15, 0.2) is 0 Å². The van der Waals surface area contributed by atoms with Gasteiger partial charge in [-0.1, -0.05) is 0 Å². The molecule has 0 aliphatic heterocycles. The van der Waals surface area contributed by atoms with Gasteiger partial charge in [0.05, 0.1) is 0 Å². The summed E-state index contributed by atoms with van der Waals surface area (Å²) in [5.41, 5.74) is 0. The molecule has 0 amide bonds. The summed E-state index contributed by atoms with van der Waals surface area (Å²) >= 11 is 1.46. The Bertz CT molecular complexity index is 113. The van der Waals surface area contributed by atoms with Crippen LogP contribution in [0.5, 0.6) is 0 Å². The molecule has 0 bridgehead atoms. The standard InChI is InChI=1S/CHO2S.Li/c1-4(2)3;/h1H;. The van der Waals surface area contributed by atoms with Crippen LogP contribution in [-0.4, -0.2) is 30.2 Å². The van der Waals surface area contributed by atoms with Crippen LogP contribution < -0.4 is 0 Å². The molecule has 2 nitrogen and oxygen atoms in total. The molecule has 0 unspecified atom stereocenters. The third-order valence-corrected chi connectivity index (χ3v) is 0.577. The third kappa shape index (κ3) is 4.29. The maximum absolute atomic E-state index is 9.31. The minimum atomic E-state index is -1.95. The molecule has 0 saturated heterocycles. The monoisotopic (exact) mass is 84.0 g/mol. The molecule has 24 valence electrons. The first-order valence-corrected chi connectivity index (χ1v) is 2.28. The molecule has 0 N–H and O–H groups in total. The number of hydrogen-bond acceptors (Lipinski definition) is 2. The Kier molecular flexibility index (Phi) is 2.67. The Morgan fingerprint density at radius 3 is 1.80 bits per heavy atom. The van der Waals surface area contributed by atoms with Crippen molar-refractivity contribution in [3.63, 3.8) is 0 Å². The van der Waals surface area contributed by atoms with Gasteiger partial charge < -0.3 is 0 Å². The summed E-state index contributed by atoms with van der Waals surface area (Å²) in [7, 11) is -1.95. The van der Waals surface area contributed by atoms with E-state index in [1.807, 2.05) is 0 Å². The first-order chi connectivity index (χ1) is 2.27. The summed E-state index contributed by atoms with van der Waals surface area (Å²) in [5.74, 6) is 0. The van der Waals surface area contributed by atoms with Crippen LogP contribution in [0.3, 0.4) is 0 Å². The fraction of sp³-hybridized carbons (Fsp3) is 0. The van der Waals surface area contributed by atoms with Crippen molar-refractivity contribution in [3.05, 3.63) is 0 Å². The zero-order valence-corrected chi connectivity index (χ0v) is 3.62. The Morgan fingerprint density at radius 1 is 1.60 bits per heavy atom. The summed E-state index contributed by atoms with van der Waals surface area (Å²) in [5, 5.41) is 0. The van der Waals surface area contributed by atoms with Crippen LogP contribution >= 0.6 is 0 Å². The molecule has 0 aromatic carbocycles. The van der Waals surface area contributed by atoms with E-state index in [2.05, 4.69) is 0 Å². The predicted molar refractivity (Wildman–Crippen MR) is 20.7 cm³/mol. The Hall–Kier alpha value is 0.287. The maximum atomic E-state index is 9.31. The van der Waals surface area contributed by atoms with Crippen molar-refractivity contribution in [2.45, 2.75) is 0 Å². The average Bonchev–Trinajstić information content (AvgIpc) is 1.38. The van der Waals surface area contributed by atoms with Gasteiger partial charge in [0.2, 0.25) is 0 Å². The molecule has 0 rings (SSSR count). The second-order valence-corrected chi connectivity index (χ2v) is 1.49. The van der Waals surface area contributed by atoms with E-state index in [1.165, 1.54) is 17.7 Å². The SMILES string of the molecule is [Li][CH]=S(=O)=O. The third-order valence-electron chi connectivity index (χ3n) is 0.192. The molecule has 0 fully saturated rings. The quantitative estimate of drug-likeness (QED) is 0.273. The first-order valence-electron chi connectivity index (χ1n) is 1.15. The van der Waals surface area contributed by atoms with Crippen LogP contribution in [0.2, 0.25) is 0 Å². The Labute approximate surface area is 40.9 Å². The van der Waals surface area contributed by atoms with Crippen molar-refractivity contribution >= 4 is 32.0 Å². The van der Waals surface area contributed by atoms with Gasteiger partial charge in [0.25, 0.3) is 0 Å². The van der Waals surface area contributed by atoms with E-state index in [1.54, 1.807) is 0 Å². The van der Waals surface area contributed by atoms with Crippen LogP contribution in [0, 0.1) is 0 Å². The average molecular weight is 84.0 g/mol. The molecule has 0 atom stereocenters. The summed E-state index contributed by atoms with van der Waals surface area (Å²) in [6.45, 7) is 0. The van der Waals surface area contributed by atoms with Gasteiger partial charge in [-0.25, -0.2) is 0 Å². The molecule has 0 aromatic heterocycles. The Balaban J connectivity index is 4.25. The molecular formula is CHLiO2S. The topological polar surface area (TPSA) is 34.1 Å². The van der Waals surface area contributed by atoms with Gasteiger partial charge >= 0.3 is 40.5 Å². The molecule has 5 heavy (non-hydrogen) atoms. The molecule has 0 radical (unpaired) electrons. The number of hydrogen-bond donors (Lipinski definition) is 0. The summed E-state index contributed by atoms with van der Waals surface area (Å²) in [6.07, 6.45) is 0. The molecule has 4 heteroatoms. The van der Waals surface area contributed by atoms with Gasteiger partial charge in [0.1, 0.15) is 0 Å². The van der Waals surface area contributed by atoms with Gasteiger partial charge in [-0.2, -0.15) is 0 Å². The molecule has 0 saturated carbocycles. The first kappa shape index (κ1) is 5.29. The fourth-order valence-corrected chi connectivity index (χ4v) is 0. The van der Waals surface area contributed by atoms with E-state index in [0.29, 0.717) is 0 Å². The second-order valence-electron chi connectivity index (χ2n) is 0.496. The van der Waals surface area contributed by atoms with Gasteiger partial charge in [0, 0.05) is 0 Å². The van der Waals surface area contributed by atoms with Crippen LogP contribution in [-0.2, 0) is 10.3 Å². The van der Waals surface area contributed by atoms with Crippen LogP contribution in [0.25, 0.3) is 0 Å². The normalized spacial score (nSPS) is 6.80. The molecular weight excluding hydrogens is 83.0 g/mol. The van der Waals surface area contributed by atoms with Crippen molar-refractivity contribution < 1.29 is 8.42 Å². The van der Waals surface area contributed by atoms with Gasteiger partial charge in [-0.05, 0) is 0 Å². The molecule has 0 aliphatic rings. The zero-order chi connectivity index (χ0) is 4.28. The molecule has 0 aromatic rings. The molecule has 0 spiro atoms. The van der Waals surface area contributed by atoms with E-state index in [0.717, 1.165) is 4.04 Å². The predicted octanol–water partition coefficient (Wildman–Crippen LogP) is -1.21. The van der Waals surface area contributed by atoms with E-state index >= 15 is 0 Å². The Morgan fingerprint density at radius 2 is 1.80 bits per heavy atom. The van der Waals surface area contributed by atoms with Crippen LogP contribution in [0.4, 0.5) is 0 Å². The van der Waals surface area contributed by atoms with Crippen molar-refractivity contribution in [3.8, 4) is 0 Å². The van der Waals surface area contributed by atoms with E-state index < -0.39 is 10.3 Å². The van der Waals surface area contributed by atoms with Gasteiger partial charge in [0.15, 0.2) is 0 Å². The van der Waals surface area contributed by atoms with Crippen LogP contribution in [0.1, 0.15) is 0 Å². The fourth-order valence-electron chi connectivity index (χ4n) is 0. The second kappa shape index (κ2) is 2.52.